The average Bonchev–Trinajstić information content (AvgIpc) is 3.68. The number of amides is 3. The molecule has 6 rings (SSSR count). The topological polar surface area (TPSA) is 125 Å². The summed E-state index contributed by atoms with van der Waals surface area (Å²) in [5.74, 6) is -3.58. The second-order valence-electron chi connectivity index (χ2n) is 13.6. The second-order valence-corrected chi connectivity index (χ2v) is 14.6. The molecule has 47 heavy (non-hydrogen) atoms. The minimum Gasteiger partial charge on any atom is -0.455 e. The zero-order chi connectivity index (χ0) is 33.3. The molecule has 4 heterocycles. The predicted molar refractivity (Wildman–Crippen MR) is 178 cm³/mol. The zero-order valence-corrected chi connectivity index (χ0v) is 28.8. The number of carbonyl (C=O) groups is 4. The molecule has 4 aliphatic heterocycles. The first kappa shape index (κ1) is 33.9. The van der Waals surface area contributed by atoms with E-state index in [1.165, 1.54) is 0 Å². The van der Waals surface area contributed by atoms with E-state index in [-0.39, 0.29) is 49.3 Å². The number of likely N-dealkylation sites (tertiary alicyclic amines) is 1. The van der Waals surface area contributed by atoms with Crippen LogP contribution in [-0.4, -0.2) is 88.1 Å². The molecule has 8 atom stereocenters. The molecule has 0 aromatic heterocycles. The van der Waals surface area contributed by atoms with Gasteiger partial charge >= 0.3 is 5.97 Å². The number of allylic oxidation sites excluding steroid dienone is 1. The summed E-state index contributed by atoms with van der Waals surface area (Å²) >= 11 is 3.63. The van der Waals surface area contributed by atoms with Crippen molar-refractivity contribution in [3.8, 4) is 0 Å². The number of aliphatic hydroxyl groups is 1. The first-order valence-corrected chi connectivity index (χ1v) is 18.0. The number of ether oxygens (including phenoxy) is 2. The maximum absolute atomic E-state index is 15.1. The van der Waals surface area contributed by atoms with Crippen LogP contribution in [-0.2, 0) is 28.7 Å². The van der Waals surface area contributed by atoms with Crippen LogP contribution in [0.1, 0.15) is 76.9 Å². The molecule has 3 fully saturated rings. The van der Waals surface area contributed by atoms with E-state index in [1.807, 2.05) is 67.3 Å². The molecule has 11 heteroatoms. The van der Waals surface area contributed by atoms with Gasteiger partial charge in [0.1, 0.15) is 29.8 Å². The number of benzene rings is 1. The van der Waals surface area contributed by atoms with Crippen LogP contribution in [0.4, 0.5) is 0 Å². The number of esters is 1. The Balaban J connectivity index is 1.46. The highest BCUT2D eigenvalue weighted by molar-refractivity contribution is 9.11. The summed E-state index contributed by atoms with van der Waals surface area (Å²) in [4.78, 5) is 60.4. The molecule has 0 unspecified atom stereocenters. The molecule has 1 saturated carbocycles. The van der Waals surface area contributed by atoms with Gasteiger partial charge in [0.05, 0.1) is 25.1 Å². The van der Waals surface area contributed by atoms with Crippen LogP contribution in [0.3, 0.4) is 0 Å². The molecule has 1 spiro atoms. The van der Waals surface area contributed by atoms with Crippen LogP contribution in [0.2, 0.25) is 0 Å². The van der Waals surface area contributed by atoms with E-state index in [2.05, 4.69) is 21.2 Å². The van der Waals surface area contributed by atoms with Gasteiger partial charge in [0.25, 0.3) is 0 Å². The fourth-order valence-electron chi connectivity index (χ4n) is 8.28. The fraction of sp³-hybridized carbons (Fsp3) is 0.611. The Labute approximate surface area is 285 Å². The van der Waals surface area contributed by atoms with Crippen molar-refractivity contribution in [3.05, 3.63) is 58.6 Å². The Morgan fingerprint density at radius 2 is 1.81 bits per heavy atom. The number of fused-ring (bicyclic) bond motifs is 2. The summed E-state index contributed by atoms with van der Waals surface area (Å²) in [5, 5.41) is 13.7. The van der Waals surface area contributed by atoms with Gasteiger partial charge in [-0.2, -0.15) is 0 Å². The quantitative estimate of drug-likeness (QED) is 0.335. The monoisotopic (exact) mass is 711 g/mol. The highest BCUT2D eigenvalue weighted by Crippen LogP contribution is 2.59. The normalized spacial score (nSPS) is 34.0. The molecule has 2 saturated heterocycles. The van der Waals surface area contributed by atoms with Gasteiger partial charge in [0, 0.05) is 23.5 Å². The van der Waals surface area contributed by atoms with E-state index in [9.17, 15) is 19.5 Å². The molecule has 0 radical (unpaired) electrons. The SMILES string of the molecule is CC[C@H](C)[C@H](CO)N1C(=O)[C@H]2[C@@H]3C(=O)O[C@H](c4ccccc4)CNC(=O)CC/C=C\CN(C4CCCCC4)C(=O)[C@H]1[C@@]21C=C(Br)[C@@H]3O1. The molecular weight excluding hydrogens is 666 g/mol. The van der Waals surface area contributed by atoms with Gasteiger partial charge in [-0.1, -0.05) is 97.9 Å². The van der Waals surface area contributed by atoms with Gasteiger partial charge in [-0.05, 0) is 36.8 Å². The van der Waals surface area contributed by atoms with Gasteiger partial charge in [-0.3, -0.25) is 19.2 Å². The minimum absolute atomic E-state index is 0.0201. The largest absolute Gasteiger partial charge is 0.455 e. The number of aliphatic hydroxyl groups excluding tert-OH is 1. The lowest BCUT2D eigenvalue weighted by Gasteiger charge is -2.43. The average molecular weight is 713 g/mol. The number of carbonyl (C=O) groups excluding carboxylic acids is 4. The van der Waals surface area contributed by atoms with Crippen molar-refractivity contribution in [2.45, 2.75) is 101 Å². The summed E-state index contributed by atoms with van der Waals surface area (Å²) in [6.45, 7) is 4.04. The first-order valence-electron chi connectivity index (χ1n) is 17.2. The zero-order valence-electron chi connectivity index (χ0n) is 27.2. The predicted octanol–water partition coefficient (Wildman–Crippen LogP) is 4.18. The Hall–Kier alpha value is -3.02. The molecule has 5 aliphatic rings. The molecule has 5 bridgehead atoms. The Bertz CT molecular complexity index is 1410. The van der Waals surface area contributed by atoms with E-state index in [4.69, 9.17) is 9.47 Å². The third-order valence-electron chi connectivity index (χ3n) is 10.9. The smallest absolute Gasteiger partial charge is 0.313 e. The molecule has 10 nitrogen and oxygen atoms in total. The maximum atomic E-state index is 15.1. The van der Waals surface area contributed by atoms with E-state index < -0.39 is 47.7 Å². The maximum Gasteiger partial charge on any atom is 0.313 e. The summed E-state index contributed by atoms with van der Waals surface area (Å²) < 4.78 is 13.4. The van der Waals surface area contributed by atoms with Crippen LogP contribution in [0.5, 0.6) is 0 Å². The number of cyclic esters (lactones) is 1. The number of hydrogen-bond acceptors (Lipinski definition) is 7. The highest BCUT2D eigenvalue weighted by atomic mass is 79.9. The second kappa shape index (κ2) is 14.2. The minimum atomic E-state index is -1.41. The first-order chi connectivity index (χ1) is 22.7. The van der Waals surface area contributed by atoms with Crippen LogP contribution >= 0.6 is 15.9 Å². The van der Waals surface area contributed by atoms with Crippen molar-refractivity contribution in [3.63, 3.8) is 0 Å². The third-order valence-corrected chi connectivity index (χ3v) is 11.6. The fourth-order valence-corrected chi connectivity index (χ4v) is 9.01. The van der Waals surface area contributed by atoms with E-state index in [0.717, 1.165) is 32.1 Å². The lowest BCUT2D eigenvalue weighted by Crippen LogP contribution is -2.61. The lowest BCUT2D eigenvalue weighted by atomic mass is 9.74. The summed E-state index contributed by atoms with van der Waals surface area (Å²) in [5.41, 5.74) is -0.705. The van der Waals surface area contributed by atoms with Gasteiger partial charge in [-0.25, -0.2) is 0 Å². The number of halogens is 1. The van der Waals surface area contributed by atoms with E-state index in [1.54, 1.807) is 4.90 Å². The van der Waals surface area contributed by atoms with Crippen LogP contribution < -0.4 is 5.32 Å². The molecule has 1 aliphatic carbocycles. The molecule has 254 valence electrons. The standard InChI is InChI=1S/C36H46BrN3O7/c1-3-22(2)26(21-41)40-32-34(44)39(24-15-9-5-10-16-24)18-12-6-11-17-28(42)38-20-27(23-13-7-4-8-14-23)46-35(45)29-30(33(40)43)36(32)19-25(37)31(29)47-36/h4,6-8,12-14,19,22,24,26-27,29-32,41H,3,5,9-11,15-18,20-21H2,1-2H3,(H,38,42)/b12-6-/t22-,26-,27-,29-,30+,31-,32-,36+/m0/s1. The summed E-state index contributed by atoms with van der Waals surface area (Å²) in [6.07, 6.45) is 10.3. The van der Waals surface area contributed by atoms with Crippen LogP contribution in [0, 0.1) is 17.8 Å². The molecule has 1 aromatic rings. The van der Waals surface area contributed by atoms with Crippen molar-refractivity contribution in [2.75, 3.05) is 19.7 Å². The molecule has 2 N–H and O–H groups in total. The number of hydrogen-bond donors (Lipinski definition) is 2. The van der Waals surface area contributed by atoms with Crippen LogP contribution in [0.25, 0.3) is 0 Å². The third kappa shape index (κ3) is 6.19. The molecule has 3 amide bonds. The van der Waals surface area contributed by atoms with Crippen molar-refractivity contribution < 1.29 is 33.8 Å². The van der Waals surface area contributed by atoms with Gasteiger partial charge in [0.15, 0.2) is 0 Å². The van der Waals surface area contributed by atoms with Gasteiger partial charge < -0.3 is 29.7 Å². The van der Waals surface area contributed by atoms with Crippen molar-refractivity contribution in [1.29, 1.82) is 0 Å². The lowest BCUT2D eigenvalue weighted by molar-refractivity contribution is -0.161. The number of nitrogens with one attached hydrogen (secondary N) is 1. The number of rotatable bonds is 6. The molecular formula is C36H46BrN3O7. The van der Waals surface area contributed by atoms with Crippen molar-refractivity contribution in [2.24, 2.45) is 17.8 Å². The molecule has 1 aromatic carbocycles. The highest BCUT2D eigenvalue weighted by Gasteiger charge is 2.75. The van der Waals surface area contributed by atoms with Crippen molar-refractivity contribution >= 4 is 39.6 Å². The summed E-state index contributed by atoms with van der Waals surface area (Å²) in [6, 6.07) is 7.47. The van der Waals surface area contributed by atoms with E-state index in [0.29, 0.717) is 29.4 Å². The van der Waals surface area contributed by atoms with Gasteiger partial charge in [-0.15, -0.1) is 0 Å². The summed E-state index contributed by atoms with van der Waals surface area (Å²) in [7, 11) is 0. The van der Waals surface area contributed by atoms with Crippen LogP contribution in [0.15, 0.2) is 53.0 Å². The number of nitrogens with zero attached hydrogens (tertiary/aromatic N) is 2. The van der Waals surface area contributed by atoms with Gasteiger partial charge in [0.2, 0.25) is 17.7 Å². The Kier molecular flexibility index (Phi) is 10.2. The Morgan fingerprint density at radius 3 is 2.51 bits per heavy atom. The Morgan fingerprint density at radius 1 is 1.06 bits per heavy atom. The van der Waals surface area contributed by atoms with E-state index >= 15 is 4.79 Å². The van der Waals surface area contributed by atoms with Crippen molar-refractivity contribution in [1.82, 2.24) is 15.1 Å².